The number of amides is 2. The Morgan fingerprint density at radius 1 is 1.10 bits per heavy atom. The summed E-state index contributed by atoms with van der Waals surface area (Å²) in [5.41, 5.74) is 0.406. The number of rotatable bonds is 11. The summed E-state index contributed by atoms with van der Waals surface area (Å²) in [5.74, 6) is -2.44. The van der Waals surface area contributed by atoms with Crippen molar-refractivity contribution < 1.29 is 28.3 Å². The molecule has 0 fully saturated rings. The molecule has 2 aromatic carbocycles. The molecule has 2 atom stereocenters. The maximum Gasteiger partial charge on any atom is 0.361 e. The van der Waals surface area contributed by atoms with Gasteiger partial charge in [-0.2, -0.15) is 0 Å². The van der Waals surface area contributed by atoms with E-state index in [-0.39, 0.29) is 24.0 Å². The van der Waals surface area contributed by atoms with Crippen molar-refractivity contribution in [1.82, 2.24) is 14.5 Å². The smallest absolute Gasteiger partial charge is 0.361 e. The van der Waals surface area contributed by atoms with Gasteiger partial charge < -0.3 is 19.1 Å². The first-order valence-electron chi connectivity index (χ1n) is 13.0. The Kier molecular flexibility index (Phi) is 9.39. The summed E-state index contributed by atoms with van der Waals surface area (Å²) >= 11 is 1.10. The van der Waals surface area contributed by atoms with Gasteiger partial charge in [-0.3, -0.25) is 14.2 Å². The SMILES string of the molecule is CCOP(=O)(OCC)c1ccc(-c2[nH]c(=O)n(C(C(=O)N(C(C)=O)c3nccs3)C(C)c3ccccc3)c2O)cc1. The van der Waals surface area contributed by atoms with Crippen molar-refractivity contribution in [3.63, 3.8) is 0 Å². The Hall–Kier alpha value is -3.83. The monoisotopic (exact) mass is 598 g/mol. The minimum Gasteiger partial charge on any atom is -0.493 e. The van der Waals surface area contributed by atoms with Crippen LogP contribution in [-0.2, 0) is 23.2 Å². The molecule has 0 bridgehead atoms. The number of nitrogens with one attached hydrogen (secondary N) is 1. The number of imide groups is 1. The van der Waals surface area contributed by atoms with Gasteiger partial charge in [0.15, 0.2) is 5.13 Å². The van der Waals surface area contributed by atoms with E-state index in [1.54, 1.807) is 62.5 Å². The van der Waals surface area contributed by atoms with Crippen LogP contribution in [0.5, 0.6) is 5.88 Å². The van der Waals surface area contributed by atoms with Crippen LogP contribution >= 0.6 is 18.9 Å². The molecule has 0 saturated heterocycles. The zero-order chi connectivity index (χ0) is 29.7. The lowest BCUT2D eigenvalue weighted by molar-refractivity contribution is -0.128. The first-order valence-corrected chi connectivity index (χ1v) is 15.4. The number of anilines is 1. The summed E-state index contributed by atoms with van der Waals surface area (Å²) in [7, 11) is -3.55. The molecule has 0 spiro atoms. The molecule has 2 aromatic heterocycles. The highest BCUT2D eigenvalue weighted by atomic mass is 32.1. The van der Waals surface area contributed by atoms with Gasteiger partial charge in [-0.15, -0.1) is 11.3 Å². The van der Waals surface area contributed by atoms with E-state index in [0.717, 1.165) is 26.4 Å². The second-order valence-corrected chi connectivity index (χ2v) is 11.9. The fourth-order valence-corrected chi connectivity index (χ4v) is 6.82. The topological polar surface area (TPSA) is 144 Å². The molecule has 41 heavy (non-hydrogen) atoms. The molecule has 0 saturated carbocycles. The summed E-state index contributed by atoms with van der Waals surface area (Å²) in [6.45, 7) is 6.76. The predicted octanol–water partition coefficient (Wildman–Crippen LogP) is 4.82. The van der Waals surface area contributed by atoms with Gasteiger partial charge >= 0.3 is 13.3 Å². The van der Waals surface area contributed by atoms with E-state index in [0.29, 0.717) is 10.9 Å². The second-order valence-electron chi connectivity index (χ2n) is 9.03. The maximum atomic E-state index is 14.1. The van der Waals surface area contributed by atoms with Crippen molar-refractivity contribution >= 4 is 41.2 Å². The van der Waals surface area contributed by atoms with Crippen LogP contribution in [0.15, 0.2) is 71.0 Å². The Morgan fingerprint density at radius 3 is 2.27 bits per heavy atom. The lowest BCUT2D eigenvalue weighted by Gasteiger charge is -2.28. The van der Waals surface area contributed by atoms with Crippen LogP contribution in [0.2, 0.25) is 0 Å². The van der Waals surface area contributed by atoms with Crippen LogP contribution in [0, 0.1) is 0 Å². The van der Waals surface area contributed by atoms with Crippen molar-refractivity contribution in [1.29, 1.82) is 0 Å². The average Bonchev–Trinajstić information content (AvgIpc) is 3.58. The number of aromatic amines is 1. The highest BCUT2D eigenvalue weighted by Gasteiger charge is 2.38. The lowest BCUT2D eigenvalue weighted by atomic mass is 9.92. The number of hydrogen-bond acceptors (Lipinski definition) is 9. The number of nitrogens with zero attached hydrogens (tertiary/aromatic N) is 3. The molecular formula is C28H31N4O7PS. The summed E-state index contributed by atoms with van der Waals surface area (Å²) in [4.78, 5) is 47.8. The first-order chi connectivity index (χ1) is 19.6. The molecular weight excluding hydrogens is 567 g/mol. The second kappa shape index (κ2) is 12.8. The molecule has 4 rings (SSSR count). The maximum absolute atomic E-state index is 14.1. The minimum absolute atomic E-state index is 0.0471. The molecule has 0 aliphatic rings. The molecule has 11 nitrogen and oxygen atoms in total. The predicted molar refractivity (Wildman–Crippen MR) is 157 cm³/mol. The Balaban J connectivity index is 1.82. The quantitative estimate of drug-likeness (QED) is 0.234. The number of imidazole rings is 1. The molecule has 0 aliphatic heterocycles. The van der Waals surface area contributed by atoms with Crippen molar-refractivity contribution in [2.75, 3.05) is 18.1 Å². The Morgan fingerprint density at radius 2 is 1.73 bits per heavy atom. The van der Waals surface area contributed by atoms with Crippen molar-refractivity contribution in [3.05, 3.63) is 82.2 Å². The fraction of sp³-hybridized carbons (Fsp3) is 0.286. The van der Waals surface area contributed by atoms with E-state index in [2.05, 4.69) is 9.97 Å². The van der Waals surface area contributed by atoms with Gasteiger partial charge in [0.05, 0.1) is 18.5 Å². The first kappa shape index (κ1) is 30.1. The van der Waals surface area contributed by atoms with Gasteiger partial charge in [-0.05, 0) is 31.5 Å². The molecule has 0 aliphatic carbocycles. The van der Waals surface area contributed by atoms with Crippen LogP contribution in [-0.4, -0.2) is 44.7 Å². The van der Waals surface area contributed by atoms with Crippen molar-refractivity contribution in [2.45, 2.75) is 39.7 Å². The number of carbonyl (C=O) groups is 2. The number of carbonyl (C=O) groups excluding carboxylic acids is 2. The van der Waals surface area contributed by atoms with E-state index < -0.39 is 42.9 Å². The summed E-state index contributed by atoms with van der Waals surface area (Å²) in [6, 6.07) is 13.9. The third-order valence-corrected chi connectivity index (χ3v) is 9.33. The Bertz CT molecular complexity index is 1590. The van der Waals surface area contributed by atoms with Gasteiger partial charge in [0.1, 0.15) is 11.7 Å². The third-order valence-electron chi connectivity index (χ3n) is 6.45. The van der Waals surface area contributed by atoms with E-state index in [9.17, 15) is 24.1 Å². The Labute approximate surface area is 240 Å². The molecule has 0 radical (unpaired) electrons. The molecule has 2 heterocycles. The van der Waals surface area contributed by atoms with Gasteiger partial charge in [-0.25, -0.2) is 19.2 Å². The van der Waals surface area contributed by atoms with Gasteiger partial charge in [0.2, 0.25) is 11.8 Å². The van der Waals surface area contributed by atoms with Crippen LogP contribution in [0.4, 0.5) is 5.13 Å². The highest BCUT2D eigenvalue weighted by Crippen LogP contribution is 2.47. The molecule has 2 amide bonds. The molecule has 13 heteroatoms. The largest absolute Gasteiger partial charge is 0.493 e. The van der Waals surface area contributed by atoms with E-state index >= 15 is 0 Å². The molecule has 2 unspecified atom stereocenters. The van der Waals surface area contributed by atoms with Crippen molar-refractivity contribution in [2.24, 2.45) is 0 Å². The summed E-state index contributed by atoms with van der Waals surface area (Å²) in [6.07, 6.45) is 1.47. The van der Waals surface area contributed by atoms with E-state index in [4.69, 9.17) is 9.05 Å². The molecule has 4 aromatic rings. The standard InChI is InChI=1S/C28H31N4O7PS/c1-5-38-40(37,39-6-2)22-14-12-21(13-15-22)23-25(34)32(27(36)30-23)24(18(3)20-10-8-7-9-11-20)26(35)31(19(4)33)28-29-16-17-41-28/h7-18,24,34H,5-6H2,1-4H3,(H,30,36). The van der Waals surface area contributed by atoms with Gasteiger partial charge in [0, 0.05) is 30.0 Å². The zero-order valence-electron chi connectivity index (χ0n) is 23.0. The van der Waals surface area contributed by atoms with Gasteiger partial charge in [0.25, 0.3) is 5.91 Å². The fourth-order valence-electron chi connectivity index (χ4n) is 4.57. The minimum atomic E-state index is -3.55. The third kappa shape index (κ3) is 6.11. The van der Waals surface area contributed by atoms with E-state index in [1.807, 2.05) is 6.07 Å². The normalized spacial score (nSPS) is 13.1. The summed E-state index contributed by atoms with van der Waals surface area (Å²) in [5, 5.41) is 13.5. The number of hydrogen-bond donors (Lipinski definition) is 2. The van der Waals surface area contributed by atoms with Crippen LogP contribution in [0.1, 0.15) is 45.2 Å². The molecule has 216 valence electrons. The van der Waals surface area contributed by atoms with Crippen LogP contribution < -0.4 is 15.9 Å². The van der Waals surface area contributed by atoms with Crippen molar-refractivity contribution in [3.8, 4) is 17.1 Å². The summed E-state index contributed by atoms with van der Waals surface area (Å²) < 4.78 is 24.9. The number of benzene rings is 2. The van der Waals surface area contributed by atoms with Crippen LogP contribution in [0.3, 0.4) is 0 Å². The number of H-pyrrole nitrogens is 1. The highest BCUT2D eigenvalue weighted by molar-refractivity contribution is 7.62. The number of thiazole rings is 1. The zero-order valence-corrected chi connectivity index (χ0v) is 24.7. The molecule has 2 N–H and O–H groups in total. The number of aromatic nitrogens is 3. The number of aromatic hydroxyl groups is 1. The van der Waals surface area contributed by atoms with Gasteiger partial charge in [-0.1, -0.05) is 49.4 Å². The van der Waals surface area contributed by atoms with E-state index in [1.165, 1.54) is 25.3 Å². The average molecular weight is 599 g/mol. The lowest BCUT2D eigenvalue weighted by Crippen LogP contribution is -2.44. The van der Waals surface area contributed by atoms with Crippen LogP contribution in [0.25, 0.3) is 11.3 Å².